The van der Waals surface area contributed by atoms with Crippen molar-refractivity contribution in [3.05, 3.63) is 88.5 Å². The summed E-state index contributed by atoms with van der Waals surface area (Å²) in [6.07, 6.45) is 1.23. The molecule has 3 aromatic carbocycles. The molecule has 0 heterocycles. The van der Waals surface area contributed by atoms with Crippen LogP contribution in [0, 0.1) is 13.8 Å². The zero-order chi connectivity index (χ0) is 20.0. The Morgan fingerprint density at radius 2 is 1.25 bits per heavy atom. The molecular weight excluding hydrogens is 352 g/mol. The third kappa shape index (κ3) is 2.79. The minimum absolute atomic E-state index is 0.156. The van der Waals surface area contributed by atoms with Crippen LogP contribution in [0.5, 0.6) is 11.5 Å². The summed E-state index contributed by atoms with van der Waals surface area (Å²) in [7, 11) is 0. The number of Topliss-reactive ketones (excluding diaryl/α,β-unsaturated/α-hetero) is 1. The van der Waals surface area contributed by atoms with Gasteiger partial charge in [-0.15, -0.1) is 0 Å². The number of hydrogen-bond acceptors (Lipinski definition) is 4. The van der Waals surface area contributed by atoms with Gasteiger partial charge in [-0.05, 0) is 37.1 Å². The van der Waals surface area contributed by atoms with Gasteiger partial charge in [0.05, 0.1) is 11.1 Å². The van der Waals surface area contributed by atoms with E-state index in [1.165, 1.54) is 12.1 Å². The highest BCUT2D eigenvalue weighted by molar-refractivity contribution is 6.40. The molecule has 0 atom stereocenters. The minimum Gasteiger partial charge on any atom is -0.507 e. The van der Waals surface area contributed by atoms with E-state index in [4.69, 9.17) is 0 Å². The first-order valence-electron chi connectivity index (χ1n) is 8.90. The molecule has 4 heteroatoms. The summed E-state index contributed by atoms with van der Waals surface area (Å²) in [4.78, 5) is 25.8. The van der Waals surface area contributed by atoms with Crippen LogP contribution in [0.4, 0.5) is 0 Å². The number of benzene rings is 3. The minimum atomic E-state index is -0.507. The van der Waals surface area contributed by atoms with Crippen LogP contribution in [-0.2, 0) is 0 Å². The Balaban J connectivity index is 1.88. The first-order chi connectivity index (χ1) is 13.4. The first-order valence-corrected chi connectivity index (χ1v) is 8.90. The molecule has 0 aromatic heterocycles. The maximum absolute atomic E-state index is 13.0. The topological polar surface area (TPSA) is 74.6 Å². The number of aryl methyl sites for hydroxylation is 2. The van der Waals surface area contributed by atoms with Gasteiger partial charge in [0, 0.05) is 11.1 Å². The molecule has 138 valence electrons. The Morgan fingerprint density at radius 1 is 0.714 bits per heavy atom. The van der Waals surface area contributed by atoms with Gasteiger partial charge in [0.2, 0.25) is 0 Å². The third-order valence-corrected chi connectivity index (χ3v) is 5.00. The number of carbonyl (C=O) groups excluding carboxylic acids is 2. The van der Waals surface area contributed by atoms with E-state index in [-0.39, 0.29) is 28.2 Å². The molecule has 0 unspecified atom stereocenters. The van der Waals surface area contributed by atoms with Gasteiger partial charge in [0.15, 0.2) is 11.6 Å². The van der Waals surface area contributed by atoms with Crippen molar-refractivity contribution in [3.63, 3.8) is 0 Å². The van der Waals surface area contributed by atoms with Gasteiger partial charge in [0.1, 0.15) is 11.5 Å². The van der Waals surface area contributed by atoms with E-state index in [0.717, 1.165) is 11.1 Å². The highest BCUT2D eigenvalue weighted by Crippen LogP contribution is 2.43. The Hall–Kier alpha value is -3.66. The van der Waals surface area contributed by atoms with Gasteiger partial charge in [0.25, 0.3) is 0 Å². The van der Waals surface area contributed by atoms with Gasteiger partial charge in [-0.1, -0.05) is 59.7 Å². The monoisotopic (exact) mass is 370 g/mol. The summed E-state index contributed by atoms with van der Waals surface area (Å²) in [6.45, 7) is 3.87. The number of fused-ring (bicyclic) bond motifs is 1. The van der Waals surface area contributed by atoms with Crippen molar-refractivity contribution in [2.24, 2.45) is 0 Å². The molecule has 4 rings (SSSR count). The van der Waals surface area contributed by atoms with Crippen molar-refractivity contribution in [2.75, 3.05) is 0 Å². The standard InChI is InChI=1S/C24H18O4/c1-13-3-7-15(8-4-13)17-11-19(25)22-21(23(17)27)20(26)12-18(24(22)28)16-9-5-14(2)6-10-16/h3-12,25,27H,1-2H3. The summed E-state index contributed by atoms with van der Waals surface area (Å²) in [6, 6.07) is 15.9. The van der Waals surface area contributed by atoms with Crippen LogP contribution in [0.2, 0.25) is 0 Å². The van der Waals surface area contributed by atoms with E-state index in [0.29, 0.717) is 16.7 Å². The maximum Gasteiger partial charge on any atom is 0.198 e. The van der Waals surface area contributed by atoms with Crippen molar-refractivity contribution in [1.82, 2.24) is 0 Å². The second-order valence-corrected chi connectivity index (χ2v) is 7.03. The largest absolute Gasteiger partial charge is 0.507 e. The molecule has 0 amide bonds. The molecule has 0 spiro atoms. The Kier molecular flexibility index (Phi) is 4.12. The highest BCUT2D eigenvalue weighted by Gasteiger charge is 2.33. The van der Waals surface area contributed by atoms with Gasteiger partial charge >= 0.3 is 0 Å². The van der Waals surface area contributed by atoms with Gasteiger partial charge in [-0.2, -0.15) is 0 Å². The lowest BCUT2D eigenvalue weighted by Crippen LogP contribution is -2.17. The fourth-order valence-electron chi connectivity index (χ4n) is 3.43. The first kappa shape index (κ1) is 17.7. The molecule has 2 N–H and O–H groups in total. The van der Waals surface area contributed by atoms with Gasteiger partial charge < -0.3 is 10.2 Å². The fraction of sp³-hybridized carbons (Fsp3) is 0.0833. The van der Waals surface area contributed by atoms with E-state index in [2.05, 4.69) is 0 Å². The molecule has 1 aliphatic rings. The van der Waals surface area contributed by atoms with Crippen LogP contribution in [0.15, 0.2) is 60.7 Å². The number of rotatable bonds is 2. The van der Waals surface area contributed by atoms with Crippen molar-refractivity contribution in [3.8, 4) is 22.6 Å². The number of hydrogen-bond donors (Lipinski definition) is 2. The SMILES string of the molecule is Cc1ccc(C2=CC(=O)c3c(O)c(-c4ccc(C)cc4)cc(O)c3C2=O)cc1. The quantitative estimate of drug-likeness (QED) is 0.633. The molecule has 0 aliphatic heterocycles. The lowest BCUT2D eigenvalue weighted by molar-refractivity contribution is 0.0997. The third-order valence-electron chi connectivity index (χ3n) is 5.00. The van der Waals surface area contributed by atoms with Crippen LogP contribution in [0.3, 0.4) is 0 Å². The molecule has 0 saturated heterocycles. The second kappa shape index (κ2) is 6.50. The number of phenols is 2. The zero-order valence-corrected chi connectivity index (χ0v) is 15.5. The van der Waals surface area contributed by atoms with Crippen molar-refractivity contribution in [2.45, 2.75) is 13.8 Å². The van der Waals surface area contributed by atoms with Crippen LogP contribution >= 0.6 is 0 Å². The summed E-state index contributed by atoms with van der Waals surface area (Å²) in [5, 5.41) is 21.3. The van der Waals surface area contributed by atoms with E-state index in [1.807, 2.05) is 38.1 Å². The normalized spacial score (nSPS) is 13.3. The highest BCUT2D eigenvalue weighted by atomic mass is 16.3. The lowest BCUT2D eigenvalue weighted by atomic mass is 9.83. The van der Waals surface area contributed by atoms with Crippen LogP contribution in [0.1, 0.15) is 37.4 Å². The van der Waals surface area contributed by atoms with Gasteiger partial charge in [-0.3, -0.25) is 9.59 Å². The average molecular weight is 370 g/mol. The summed E-state index contributed by atoms with van der Waals surface area (Å²) in [5.41, 5.74) is 3.52. The van der Waals surface area contributed by atoms with Crippen LogP contribution in [0.25, 0.3) is 16.7 Å². The molecular formula is C24H18O4. The van der Waals surface area contributed by atoms with Crippen LogP contribution in [-0.4, -0.2) is 21.8 Å². The summed E-state index contributed by atoms with van der Waals surface area (Å²) >= 11 is 0. The molecule has 1 aliphatic carbocycles. The molecule has 4 nitrogen and oxygen atoms in total. The average Bonchev–Trinajstić information content (AvgIpc) is 2.67. The van der Waals surface area contributed by atoms with E-state index in [9.17, 15) is 19.8 Å². The smallest absolute Gasteiger partial charge is 0.198 e. The van der Waals surface area contributed by atoms with E-state index >= 15 is 0 Å². The summed E-state index contributed by atoms with van der Waals surface area (Å²) < 4.78 is 0. The van der Waals surface area contributed by atoms with Crippen LogP contribution < -0.4 is 0 Å². The zero-order valence-electron chi connectivity index (χ0n) is 15.5. The van der Waals surface area contributed by atoms with Gasteiger partial charge in [-0.25, -0.2) is 0 Å². The van der Waals surface area contributed by atoms with Crippen molar-refractivity contribution < 1.29 is 19.8 Å². The van der Waals surface area contributed by atoms with E-state index in [1.54, 1.807) is 24.3 Å². The molecule has 3 aromatic rings. The number of allylic oxidation sites excluding steroid dienone is 2. The fourth-order valence-corrected chi connectivity index (χ4v) is 3.43. The molecule has 28 heavy (non-hydrogen) atoms. The predicted octanol–water partition coefficient (Wildman–Crippen LogP) is 4.84. The number of ketones is 2. The Morgan fingerprint density at radius 3 is 1.82 bits per heavy atom. The Labute approximate surface area is 162 Å². The number of carbonyl (C=O) groups is 2. The second-order valence-electron chi connectivity index (χ2n) is 7.03. The number of phenolic OH excluding ortho intramolecular Hbond substituents is 2. The van der Waals surface area contributed by atoms with Crippen molar-refractivity contribution in [1.29, 1.82) is 0 Å². The Bertz CT molecular complexity index is 1150. The predicted molar refractivity (Wildman–Crippen MR) is 108 cm³/mol. The summed E-state index contributed by atoms with van der Waals surface area (Å²) in [5.74, 6) is -1.61. The lowest BCUT2D eigenvalue weighted by Gasteiger charge is -2.20. The van der Waals surface area contributed by atoms with E-state index < -0.39 is 11.6 Å². The van der Waals surface area contributed by atoms with Crippen molar-refractivity contribution >= 4 is 17.1 Å². The number of aromatic hydroxyl groups is 2. The molecule has 0 radical (unpaired) electrons. The molecule has 0 bridgehead atoms. The molecule has 0 saturated carbocycles. The maximum atomic E-state index is 13.0. The molecule has 0 fully saturated rings.